The van der Waals surface area contributed by atoms with E-state index in [0.717, 1.165) is 12.8 Å². The second-order valence-electron chi connectivity index (χ2n) is 2.88. The van der Waals surface area contributed by atoms with Crippen LogP contribution in [0.3, 0.4) is 0 Å². The van der Waals surface area contributed by atoms with E-state index in [4.69, 9.17) is 0 Å². The van der Waals surface area contributed by atoms with Gasteiger partial charge >= 0.3 is 11.9 Å². The number of hydrogen-bond acceptors (Lipinski definition) is 2. The lowest BCUT2D eigenvalue weighted by atomic mass is 10.1. The van der Waals surface area contributed by atoms with Crippen molar-refractivity contribution in [2.45, 2.75) is 45.5 Å². The van der Waals surface area contributed by atoms with E-state index in [2.05, 4.69) is 4.74 Å². The number of unbranched alkanes of at least 4 members (excludes halogenated alkanes) is 2. The maximum absolute atomic E-state index is 12.9. The molecule has 0 unspecified atom stereocenters. The molecular weight excluding hydrogens is 178 g/mol. The molecule has 0 aromatic heterocycles. The number of halogens is 2. The van der Waals surface area contributed by atoms with E-state index < -0.39 is 18.3 Å². The lowest BCUT2D eigenvalue weighted by molar-refractivity contribution is -0.172. The van der Waals surface area contributed by atoms with Gasteiger partial charge in [-0.05, 0) is 13.3 Å². The summed E-state index contributed by atoms with van der Waals surface area (Å²) in [6.07, 6.45) is 1.54. The van der Waals surface area contributed by atoms with E-state index in [1.807, 2.05) is 6.92 Å². The molecule has 0 fully saturated rings. The summed E-state index contributed by atoms with van der Waals surface area (Å²) in [5.74, 6) is -4.70. The molecule has 78 valence electrons. The van der Waals surface area contributed by atoms with Gasteiger partial charge in [-0.3, -0.25) is 0 Å². The van der Waals surface area contributed by atoms with E-state index in [-0.39, 0.29) is 6.61 Å². The standard InChI is InChI=1S/C9H16F2O2/c1-3-5-6-7-9(10,11)8(12)13-4-2/h3-7H2,1-2H3. The van der Waals surface area contributed by atoms with Crippen LogP contribution >= 0.6 is 0 Å². The van der Waals surface area contributed by atoms with Crippen molar-refractivity contribution in [3.63, 3.8) is 0 Å². The van der Waals surface area contributed by atoms with Gasteiger partial charge in [-0.2, -0.15) is 8.78 Å². The molecule has 0 amide bonds. The fourth-order valence-electron chi connectivity index (χ4n) is 0.936. The Kier molecular flexibility index (Phi) is 5.58. The number of alkyl halides is 2. The number of rotatable bonds is 6. The van der Waals surface area contributed by atoms with Crippen LogP contribution in [0.25, 0.3) is 0 Å². The van der Waals surface area contributed by atoms with Gasteiger partial charge in [-0.15, -0.1) is 0 Å². The average molecular weight is 194 g/mol. The third-order valence-corrected chi connectivity index (χ3v) is 1.67. The minimum absolute atomic E-state index is 0.00218. The number of esters is 1. The van der Waals surface area contributed by atoms with Crippen LogP contribution < -0.4 is 0 Å². The molecule has 0 atom stereocenters. The Morgan fingerprint density at radius 2 is 1.92 bits per heavy atom. The Hall–Kier alpha value is -0.670. The van der Waals surface area contributed by atoms with Crippen LogP contribution in [0.5, 0.6) is 0 Å². The molecule has 0 bridgehead atoms. The summed E-state index contributed by atoms with van der Waals surface area (Å²) < 4.78 is 30.0. The second-order valence-corrected chi connectivity index (χ2v) is 2.88. The second kappa shape index (κ2) is 5.89. The van der Waals surface area contributed by atoms with Crippen molar-refractivity contribution in [2.75, 3.05) is 6.61 Å². The van der Waals surface area contributed by atoms with Crippen LogP contribution in [0.4, 0.5) is 8.78 Å². The molecule has 0 radical (unpaired) electrons. The van der Waals surface area contributed by atoms with Gasteiger partial charge in [0.1, 0.15) is 0 Å². The van der Waals surface area contributed by atoms with Crippen LogP contribution in [0.2, 0.25) is 0 Å². The Bertz CT molecular complexity index is 158. The van der Waals surface area contributed by atoms with E-state index >= 15 is 0 Å². The molecule has 0 saturated carbocycles. The van der Waals surface area contributed by atoms with Crippen LogP contribution in [0, 0.1) is 0 Å². The SMILES string of the molecule is CCCCCC(F)(F)C(=O)OCC. The van der Waals surface area contributed by atoms with Gasteiger partial charge in [0.15, 0.2) is 0 Å². The molecule has 0 aromatic rings. The maximum Gasteiger partial charge on any atom is 0.376 e. The van der Waals surface area contributed by atoms with Gasteiger partial charge < -0.3 is 4.74 Å². The predicted molar refractivity (Wildman–Crippen MR) is 45.7 cm³/mol. The summed E-state index contributed by atoms with van der Waals surface area (Å²) in [5.41, 5.74) is 0. The summed E-state index contributed by atoms with van der Waals surface area (Å²) in [6, 6.07) is 0. The third-order valence-electron chi connectivity index (χ3n) is 1.67. The number of carbonyl (C=O) groups is 1. The van der Waals surface area contributed by atoms with Crippen molar-refractivity contribution in [3.8, 4) is 0 Å². The topological polar surface area (TPSA) is 26.3 Å². The smallest absolute Gasteiger partial charge is 0.376 e. The summed E-state index contributed by atoms with van der Waals surface area (Å²) in [7, 11) is 0. The normalized spacial score (nSPS) is 11.4. The van der Waals surface area contributed by atoms with Gasteiger partial charge in [0.2, 0.25) is 0 Å². The quantitative estimate of drug-likeness (QED) is 0.480. The van der Waals surface area contributed by atoms with Crippen molar-refractivity contribution in [1.82, 2.24) is 0 Å². The predicted octanol–water partition coefficient (Wildman–Crippen LogP) is 2.77. The van der Waals surface area contributed by atoms with Gasteiger partial charge in [0, 0.05) is 6.42 Å². The number of carbonyl (C=O) groups excluding carboxylic acids is 1. The fourth-order valence-corrected chi connectivity index (χ4v) is 0.936. The summed E-state index contributed by atoms with van der Waals surface area (Å²) in [6.45, 7) is 3.44. The largest absolute Gasteiger partial charge is 0.462 e. The van der Waals surface area contributed by atoms with Crippen molar-refractivity contribution in [3.05, 3.63) is 0 Å². The van der Waals surface area contributed by atoms with E-state index in [9.17, 15) is 13.6 Å². The molecule has 0 heterocycles. The van der Waals surface area contributed by atoms with E-state index in [1.165, 1.54) is 6.92 Å². The zero-order chi connectivity index (χ0) is 10.3. The summed E-state index contributed by atoms with van der Waals surface area (Å²) in [4.78, 5) is 10.7. The first-order valence-electron chi connectivity index (χ1n) is 4.59. The Balaban J connectivity index is 3.83. The molecule has 0 aliphatic rings. The molecule has 0 rings (SSSR count). The molecule has 2 nitrogen and oxygen atoms in total. The molecular formula is C9H16F2O2. The van der Waals surface area contributed by atoms with Crippen molar-refractivity contribution >= 4 is 5.97 Å². The van der Waals surface area contributed by atoms with Crippen molar-refractivity contribution in [2.24, 2.45) is 0 Å². The highest BCUT2D eigenvalue weighted by molar-refractivity contribution is 5.77. The Morgan fingerprint density at radius 1 is 1.31 bits per heavy atom. The summed E-state index contributed by atoms with van der Waals surface area (Å²) in [5, 5.41) is 0. The molecule has 0 aromatic carbocycles. The van der Waals surface area contributed by atoms with Gasteiger partial charge in [-0.25, -0.2) is 4.79 Å². The first kappa shape index (κ1) is 12.3. The van der Waals surface area contributed by atoms with E-state index in [1.54, 1.807) is 0 Å². The molecule has 4 heteroatoms. The van der Waals surface area contributed by atoms with Crippen molar-refractivity contribution in [1.29, 1.82) is 0 Å². The van der Waals surface area contributed by atoms with Crippen LogP contribution in [-0.2, 0) is 9.53 Å². The van der Waals surface area contributed by atoms with Gasteiger partial charge in [-0.1, -0.05) is 19.8 Å². The van der Waals surface area contributed by atoms with Gasteiger partial charge in [0.25, 0.3) is 0 Å². The van der Waals surface area contributed by atoms with Crippen molar-refractivity contribution < 1.29 is 18.3 Å². The number of hydrogen-bond donors (Lipinski definition) is 0. The molecule has 0 N–H and O–H groups in total. The molecule has 0 aliphatic carbocycles. The van der Waals surface area contributed by atoms with Crippen LogP contribution in [-0.4, -0.2) is 18.5 Å². The average Bonchev–Trinajstić information content (AvgIpc) is 2.05. The number of ether oxygens (including phenoxy) is 1. The monoisotopic (exact) mass is 194 g/mol. The van der Waals surface area contributed by atoms with Crippen LogP contribution in [0.1, 0.15) is 39.5 Å². The molecule has 0 saturated heterocycles. The Labute approximate surface area is 77.3 Å². The lowest BCUT2D eigenvalue weighted by Crippen LogP contribution is -2.30. The van der Waals surface area contributed by atoms with Crippen LogP contribution in [0.15, 0.2) is 0 Å². The highest BCUT2D eigenvalue weighted by atomic mass is 19.3. The van der Waals surface area contributed by atoms with Gasteiger partial charge in [0.05, 0.1) is 6.61 Å². The first-order valence-corrected chi connectivity index (χ1v) is 4.59. The maximum atomic E-state index is 12.9. The highest BCUT2D eigenvalue weighted by Gasteiger charge is 2.39. The Morgan fingerprint density at radius 3 is 2.38 bits per heavy atom. The first-order chi connectivity index (χ1) is 6.04. The third kappa shape index (κ3) is 4.80. The zero-order valence-electron chi connectivity index (χ0n) is 8.11. The highest BCUT2D eigenvalue weighted by Crippen LogP contribution is 2.23. The molecule has 0 spiro atoms. The molecule has 0 aliphatic heterocycles. The minimum atomic E-state index is -3.30. The zero-order valence-corrected chi connectivity index (χ0v) is 8.11. The fraction of sp³-hybridized carbons (Fsp3) is 0.889. The minimum Gasteiger partial charge on any atom is -0.462 e. The van der Waals surface area contributed by atoms with E-state index in [0.29, 0.717) is 6.42 Å². The summed E-state index contributed by atoms with van der Waals surface area (Å²) >= 11 is 0. The lowest BCUT2D eigenvalue weighted by Gasteiger charge is -2.13. The molecule has 13 heavy (non-hydrogen) atoms.